The Kier molecular flexibility index (Phi) is 1.39. The minimum atomic E-state index is -0.589. The maximum atomic E-state index is 11.0. The normalized spacial score (nSPS) is 14.8. The van der Waals surface area contributed by atoms with Gasteiger partial charge in [-0.15, -0.1) is 0 Å². The van der Waals surface area contributed by atoms with Crippen molar-refractivity contribution in [3.63, 3.8) is 0 Å². The number of carbonyl (C=O) groups excluding carboxylic acids is 2. The van der Waals surface area contributed by atoms with Gasteiger partial charge in [-0.05, 0) is 0 Å². The minimum Gasteiger partial charge on any atom is -0.506 e. The van der Waals surface area contributed by atoms with Gasteiger partial charge in [0, 0.05) is 30.6 Å². The number of rotatable bonds is 0. The molecule has 1 aliphatic carbocycles. The van der Waals surface area contributed by atoms with Crippen molar-refractivity contribution >= 4 is 23.7 Å². The molecule has 0 unspecified atom stereocenters. The third-order valence-electron chi connectivity index (χ3n) is 2.03. The number of hydrogen-bond acceptors (Lipinski definition) is 3. The second kappa shape index (κ2) is 2.32. The number of nitrogens with zero attached hydrogens (tertiary/aromatic N) is 1. The standard InChI is InChI=1S/C9H7NO3/c1-10-4-9(13)5-2-7(11)8(12)3-6(5)10/h2-4,13H,1H3. The molecule has 0 fully saturated rings. The third kappa shape index (κ3) is 0.989. The molecule has 1 aliphatic rings. The van der Waals surface area contributed by atoms with Gasteiger partial charge in [-0.25, -0.2) is 0 Å². The van der Waals surface area contributed by atoms with Crippen LogP contribution in [0.25, 0.3) is 12.2 Å². The Labute approximate surface area is 73.4 Å². The van der Waals surface area contributed by atoms with Gasteiger partial charge in [0.2, 0.25) is 11.6 Å². The van der Waals surface area contributed by atoms with Crippen LogP contribution in [0, 0.1) is 0 Å². The number of hydrogen-bond donors (Lipinski definition) is 1. The fourth-order valence-corrected chi connectivity index (χ4v) is 1.37. The highest BCUT2D eigenvalue weighted by Crippen LogP contribution is 1.98. The summed E-state index contributed by atoms with van der Waals surface area (Å²) >= 11 is 0. The van der Waals surface area contributed by atoms with Crippen LogP contribution in [0.2, 0.25) is 0 Å². The molecule has 1 aromatic heterocycles. The van der Waals surface area contributed by atoms with E-state index in [4.69, 9.17) is 0 Å². The first kappa shape index (κ1) is 7.79. The number of aromatic hydroxyl groups is 1. The van der Waals surface area contributed by atoms with Gasteiger partial charge in [0.15, 0.2) is 0 Å². The number of carbonyl (C=O) groups is 2. The van der Waals surface area contributed by atoms with Gasteiger partial charge in [-0.1, -0.05) is 0 Å². The summed E-state index contributed by atoms with van der Waals surface area (Å²) in [6.45, 7) is 0. The Bertz CT molecular complexity index is 475. The molecule has 0 saturated carbocycles. The molecular weight excluding hydrogens is 170 g/mol. The largest absolute Gasteiger partial charge is 0.506 e. The van der Waals surface area contributed by atoms with E-state index in [0.717, 1.165) is 6.08 Å². The van der Waals surface area contributed by atoms with Crippen molar-refractivity contribution in [2.75, 3.05) is 0 Å². The van der Waals surface area contributed by atoms with Gasteiger partial charge in [-0.2, -0.15) is 0 Å². The monoisotopic (exact) mass is 177 g/mol. The Morgan fingerprint density at radius 2 is 1.85 bits per heavy atom. The van der Waals surface area contributed by atoms with Gasteiger partial charge < -0.3 is 9.67 Å². The topological polar surface area (TPSA) is 59.3 Å². The first-order chi connectivity index (χ1) is 6.09. The predicted molar refractivity (Wildman–Crippen MR) is 45.3 cm³/mol. The molecule has 1 aromatic rings. The van der Waals surface area contributed by atoms with E-state index in [2.05, 4.69) is 0 Å². The van der Waals surface area contributed by atoms with Crippen LogP contribution in [0.1, 0.15) is 0 Å². The van der Waals surface area contributed by atoms with E-state index in [1.54, 1.807) is 11.6 Å². The molecule has 4 nitrogen and oxygen atoms in total. The maximum Gasteiger partial charge on any atom is 0.227 e. The molecular formula is C9H7NO3. The second-order valence-corrected chi connectivity index (χ2v) is 2.94. The Morgan fingerprint density at radius 3 is 2.54 bits per heavy atom. The zero-order chi connectivity index (χ0) is 9.59. The van der Waals surface area contributed by atoms with E-state index < -0.39 is 11.6 Å². The van der Waals surface area contributed by atoms with E-state index >= 15 is 0 Å². The first-order valence-electron chi connectivity index (χ1n) is 3.75. The molecule has 0 aliphatic heterocycles. The lowest BCUT2D eigenvalue weighted by atomic mass is 10.1. The zero-order valence-corrected chi connectivity index (χ0v) is 6.94. The van der Waals surface area contributed by atoms with Gasteiger partial charge >= 0.3 is 0 Å². The highest BCUT2D eigenvalue weighted by molar-refractivity contribution is 6.57. The fourth-order valence-electron chi connectivity index (χ4n) is 1.37. The zero-order valence-electron chi connectivity index (χ0n) is 6.94. The molecule has 0 radical (unpaired) electrons. The summed E-state index contributed by atoms with van der Waals surface area (Å²) in [5.41, 5.74) is 0. The Morgan fingerprint density at radius 1 is 1.23 bits per heavy atom. The van der Waals surface area contributed by atoms with Crippen molar-refractivity contribution < 1.29 is 14.7 Å². The van der Waals surface area contributed by atoms with Crippen LogP contribution in [0.3, 0.4) is 0 Å². The molecule has 0 spiro atoms. The van der Waals surface area contributed by atoms with Crippen molar-refractivity contribution in [3.8, 4) is 5.75 Å². The van der Waals surface area contributed by atoms with Crippen LogP contribution in [-0.4, -0.2) is 21.2 Å². The predicted octanol–water partition coefficient (Wildman–Crippen LogP) is -1.56. The molecule has 66 valence electrons. The van der Waals surface area contributed by atoms with Crippen molar-refractivity contribution in [1.29, 1.82) is 0 Å². The van der Waals surface area contributed by atoms with Crippen LogP contribution in [0.15, 0.2) is 6.20 Å². The number of aryl methyl sites for hydroxylation is 1. The molecule has 4 heteroatoms. The number of Topliss-reactive ketones (excluding diaryl/α,β-unsaturated/α-hetero) is 2. The van der Waals surface area contributed by atoms with Crippen LogP contribution < -0.4 is 10.6 Å². The van der Waals surface area contributed by atoms with E-state index in [1.165, 1.54) is 12.3 Å². The fraction of sp³-hybridized carbons (Fsp3) is 0.111. The number of fused-ring (bicyclic) bond motifs is 1. The Hall–Kier alpha value is -1.84. The van der Waals surface area contributed by atoms with E-state index in [0.29, 0.717) is 10.6 Å². The Balaban J connectivity index is 2.95. The summed E-state index contributed by atoms with van der Waals surface area (Å²) < 4.78 is 1.60. The lowest BCUT2D eigenvalue weighted by molar-refractivity contribution is -0.129. The van der Waals surface area contributed by atoms with Crippen molar-refractivity contribution in [3.05, 3.63) is 16.8 Å². The maximum absolute atomic E-state index is 11.0. The highest BCUT2D eigenvalue weighted by atomic mass is 16.3. The van der Waals surface area contributed by atoms with Crippen LogP contribution in [0.5, 0.6) is 5.75 Å². The SMILES string of the molecule is Cn1cc(O)c2c1=CC(=O)C(=O)C=2. The molecule has 1 heterocycles. The smallest absolute Gasteiger partial charge is 0.227 e. The average Bonchev–Trinajstić information content (AvgIpc) is 2.31. The lowest BCUT2D eigenvalue weighted by Gasteiger charge is -1.95. The van der Waals surface area contributed by atoms with Crippen LogP contribution in [0.4, 0.5) is 0 Å². The minimum absolute atomic E-state index is 0.0228. The number of aromatic nitrogens is 1. The second-order valence-electron chi connectivity index (χ2n) is 2.94. The van der Waals surface area contributed by atoms with E-state index in [-0.39, 0.29) is 5.75 Å². The quantitative estimate of drug-likeness (QED) is 0.488. The van der Waals surface area contributed by atoms with Crippen molar-refractivity contribution in [1.82, 2.24) is 4.57 Å². The molecule has 0 amide bonds. The van der Waals surface area contributed by atoms with E-state index in [9.17, 15) is 14.7 Å². The molecule has 0 aromatic carbocycles. The summed E-state index contributed by atoms with van der Waals surface area (Å²) in [4.78, 5) is 21.9. The summed E-state index contributed by atoms with van der Waals surface area (Å²) in [6, 6.07) is 0. The summed E-state index contributed by atoms with van der Waals surface area (Å²) in [5, 5.41) is 10.3. The number of ketones is 2. The molecule has 13 heavy (non-hydrogen) atoms. The van der Waals surface area contributed by atoms with Crippen molar-refractivity contribution in [2.24, 2.45) is 7.05 Å². The molecule has 0 saturated heterocycles. The van der Waals surface area contributed by atoms with Crippen LogP contribution in [-0.2, 0) is 16.6 Å². The summed E-state index contributed by atoms with van der Waals surface area (Å²) in [5.74, 6) is -1.11. The van der Waals surface area contributed by atoms with Crippen molar-refractivity contribution in [2.45, 2.75) is 0 Å². The molecule has 0 atom stereocenters. The van der Waals surface area contributed by atoms with Crippen LogP contribution >= 0.6 is 0 Å². The lowest BCUT2D eigenvalue weighted by Crippen LogP contribution is -2.35. The molecule has 0 bridgehead atoms. The van der Waals surface area contributed by atoms with E-state index in [1.807, 2.05) is 0 Å². The summed E-state index contributed by atoms with van der Waals surface area (Å²) in [6.07, 6.45) is 3.86. The summed E-state index contributed by atoms with van der Waals surface area (Å²) in [7, 11) is 1.70. The van der Waals surface area contributed by atoms with Gasteiger partial charge in [-0.3, -0.25) is 9.59 Å². The molecule has 2 rings (SSSR count). The first-order valence-corrected chi connectivity index (χ1v) is 3.75. The van der Waals surface area contributed by atoms with Gasteiger partial charge in [0.05, 0.1) is 5.35 Å². The van der Waals surface area contributed by atoms with Gasteiger partial charge in [0.25, 0.3) is 0 Å². The molecule has 1 N–H and O–H groups in total. The van der Waals surface area contributed by atoms with Gasteiger partial charge in [0.1, 0.15) is 5.75 Å². The highest BCUT2D eigenvalue weighted by Gasteiger charge is 2.15. The third-order valence-corrected chi connectivity index (χ3v) is 2.03. The average molecular weight is 177 g/mol.